The molecule has 1 aromatic carbocycles. The number of thioether (sulfide) groups is 1. The summed E-state index contributed by atoms with van der Waals surface area (Å²) in [4.78, 5) is 0. The van der Waals surface area contributed by atoms with Crippen LogP contribution in [0.3, 0.4) is 0 Å². The number of rotatable bonds is 4. The Labute approximate surface area is 117 Å². The van der Waals surface area contributed by atoms with Crippen LogP contribution in [0.15, 0.2) is 18.2 Å². The van der Waals surface area contributed by atoms with Gasteiger partial charge in [0.15, 0.2) is 0 Å². The van der Waals surface area contributed by atoms with E-state index in [9.17, 15) is 4.39 Å². The van der Waals surface area contributed by atoms with E-state index in [1.54, 1.807) is 6.07 Å². The first kappa shape index (κ1) is 14.2. The molecule has 0 atom stereocenters. The molecule has 0 saturated heterocycles. The second kappa shape index (κ2) is 6.78. The summed E-state index contributed by atoms with van der Waals surface area (Å²) in [6.45, 7) is 0.725. The Morgan fingerprint density at radius 3 is 2.67 bits per heavy atom. The Bertz CT molecular complexity index is 391. The van der Waals surface area contributed by atoms with Crippen LogP contribution in [0.5, 0.6) is 0 Å². The largest absolute Gasteiger partial charge is 0.310 e. The van der Waals surface area contributed by atoms with Crippen molar-refractivity contribution in [2.24, 2.45) is 0 Å². The lowest BCUT2D eigenvalue weighted by atomic mass is 9.95. The molecule has 0 unspecified atom stereocenters. The van der Waals surface area contributed by atoms with E-state index in [0.29, 0.717) is 6.04 Å². The number of benzene rings is 1. The lowest BCUT2D eigenvalue weighted by Crippen LogP contribution is -2.33. The highest BCUT2D eigenvalue weighted by Gasteiger charge is 2.19. The van der Waals surface area contributed by atoms with Crippen LogP contribution in [0, 0.1) is 5.82 Å². The van der Waals surface area contributed by atoms with Crippen LogP contribution >= 0.6 is 23.4 Å². The van der Waals surface area contributed by atoms with Crippen LogP contribution in [0.25, 0.3) is 0 Å². The van der Waals surface area contributed by atoms with Gasteiger partial charge in [0.25, 0.3) is 0 Å². The Kier molecular flexibility index (Phi) is 5.34. The van der Waals surface area contributed by atoms with Crippen LogP contribution in [-0.4, -0.2) is 17.5 Å². The van der Waals surface area contributed by atoms with Crippen molar-refractivity contribution in [3.63, 3.8) is 0 Å². The van der Waals surface area contributed by atoms with Crippen molar-refractivity contribution >= 4 is 23.4 Å². The SMILES string of the molecule is CSC1CCC(NCc2ccc(Cl)c(F)c2)CC1. The lowest BCUT2D eigenvalue weighted by molar-refractivity contribution is 0.378. The molecule has 0 aliphatic heterocycles. The molecular formula is C14H19ClFNS. The molecule has 1 nitrogen and oxygen atoms in total. The topological polar surface area (TPSA) is 12.0 Å². The van der Waals surface area contributed by atoms with Gasteiger partial charge >= 0.3 is 0 Å². The summed E-state index contributed by atoms with van der Waals surface area (Å²) in [7, 11) is 0. The van der Waals surface area contributed by atoms with E-state index in [-0.39, 0.29) is 10.8 Å². The van der Waals surface area contributed by atoms with E-state index in [0.717, 1.165) is 17.4 Å². The van der Waals surface area contributed by atoms with Crippen molar-refractivity contribution in [1.82, 2.24) is 5.32 Å². The molecular weight excluding hydrogens is 269 g/mol. The van der Waals surface area contributed by atoms with Gasteiger partial charge in [-0.3, -0.25) is 0 Å². The number of nitrogens with one attached hydrogen (secondary N) is 1. The van der Waals surface area contributed by atoms with Crippen LogP contribution in [0.2, 0.25) is 5.02 Å². The molecule has 0 heterocycles. The van der Waals surface area contributed by atoms with Crippen molar-refractivity contribution in [2.45, 2.75) is 43.5 Å². The smallest absolute Gasteiger partial charge is 0.142 e. The highest BCUT2D eigenvalue weighted by molar-refractivity contribution is 7.99. The first-order valence-corrected chi connectivity index (χ1v) is 8.05. The van der Waals surface area contributed by atoms with Gasteiger partial charge in [-0.15, -0.1) is 0 Å². The fraction of sp³-hybridized carbons (Fsp3) is 0.571. The molecule has 1 aliphatic carbocycles. The lowest BCUT2D eigenvalue weighted by Gasteiger charge is -2.28. The third-order valence-corrected chi connectivity index (χ3v) is 5.03. The highest BCUT2D eigenvalue weighted by atomic mass is 35.5. The zero-order valence-electron chi connectivity index (χ0n) is 10.6. The average molecular weight is 288 g/mol. The second-order valence-electron chi connectivity index (χ2n) is 4.84. The standard InChI is InChI=1S/C14H19ClFNS/c1-18-12-5-3-11(4-6-12)17-9-10-2-7-13(15)14(16)8-10/h2,7-8,11-12,17H,3-6,9H2,1H3. The summed E-state index contributed by atoms with van der Waals surface area (Å²) in [5.41, 5.74) is 0.962. The van der Waals surface area contributed by atoms with Gasteiger partial charge in [-0.2, -0.15) is 11.8 Å². The number of hydrogen-bond donors (Lipinski definition) is 1. The minimum absolute atomic E-state index is 0.194. The van der Waals surface area contributed by atoms with E-state index in [4.69, 9.17) is 11.6 Å². The first-order chi connectivity index (χ1) is 8.69. The quantitative estimate of drug-likeness (QED) is 0.889. The fourth-order valence-corrected chi connectivity index (χ4v) is 3.28. The van der Waals surface area contributed by atoms with Gasteiger partial charge in [0.05, 0.1) is 5.02 Å². The summed E-state index contributed by atoms with van der Waals surface area (Å²) >= 11 is 7.64. The van der Waals surface area contributed by atoms with E-state index in [1.807, 2.05) is 17.8 Å². The predicted molar refractivity (Wildman–Crippen MR) is 77.8 cm³/mol. The molecule has 1 aliphatic rings. The molecule has 4 heteroatoms. The van der Waals surface area contributed by atoms with Gasteiger partial charge in [-0.1, -0.05) is 17.7 Å². The summed E-state index contributed by atoms with van der Waals surface area (Å²) in [6.07, 6.45) is 7.21. The van der Waals surface area contributed by atoms with Crippen molar-refractivity contribution in [3.05, 3.63) is 34.6 Å². The molecule has 1 aromatic rings. The maximum Gasteiger partial charge on any atom is 0.142 e. The third-order valence-electron chi connectivity index (χ3n) is 3.59. The third kappa shape index (κ3) is 3.87. The minimum atomic E-state index is -0.331. The van der Waals surface area contributed by atoms with E-state index < -0.39 is 0 Å². The molecule has 1 N–H and O–H groups in total. The molecule has 2 rings (SSSR count). The van der Waals surface area contributed by atoms with Gasteiger partial charge in [-0.05, 0) is 49.6 Å². The Hall–Kier alpha value is -0.250. The van der Waals surface area contributed by atoms with E-state index >= 15 is 0 Å². The van der Waals surface area contributed by atoms with Gasteiger partial charge in [0, 0.05) is 17.8 Å². The summed E-state index contributed by atoms with van der Waals surface area (Å²) < 4.78 is 13.3. The number of halogens is 2. The molecule has 0 aromatic heterocycles. The second-order valence-corrected chi connectivity index (χ2v) is 6.38. The van der Waals surface area contributed by atoms with Gasteiger partial charge in [0.1, 0.15) is 5.82 Å². The Morgan fingerprint density at radius 2 is 2.06 bits per heavy atom. The molecule has 1 fully saturated rings. The van der Waals surface area contributed by atoms with E-state index in [1.165, 1.54) is 31.7 Å². The zero-order chi connectivity index (χ0) is 13.0. The minimum Gasteiger partial charge on any atom is -0.310 e. The molecule has 0 bridgehead atoms. The van der Waals surface area contributed by atoms with Gasteiger partial charge in [-0.25, -0.2) is 4.39 Å². The summed E-state index contributed by atoms with van der Waals surface area (Å²) in [6, 6.07) is 5.60. The summed E-state index contributed by atoms with van der Waals surface area (Å²) in [5.74, 6) is -0.331. The van der Waals surface area contributed by atoms with Gasteiger partial charge in [0.2, 0.25) is 0 Å². The van der Waals surface area contributed by atoms with Crippen LogP contribution in [0.4, 0.5) is 4.39 Å². The van der Waals surface area contributed by atoms with Crippen LogP contribution in [-0.2, 0) is 6.54 Å². The molecule has 100 valence electrons. The Balaban J connectivity index is 1.79. The highest BCUT2D eigenvalue weighted by Crippen LogP contribution is 2.27. The van der Waals surface area contributed by atoms with Crippen molar-refractivity contribution in [3.8, 4) is 0 Å². The predicted octanol–water partition coefficient (Wildman–Crippen LogP) is 4.24. The van der Waals surface area contributed by atoms with Gasteiger partial charge < -0.3 is 5.32 Å². The van der Waals surface area contributed by atoms with Crippen molar-refractivity contribution < 1.29 is 4.39 Å². The van der Waals surface area contributed by atoms with Crippen LogP contribution < -0.4 is 5.32 Å². The fourth-order valence-electron chi connectivity index (χ4n) is 2.41. The molecule has 18 heavy (non-hydrogen) atoms. The maximum absolute atomic E-state index is 13.3. The number of hydrogen-bond acceptors (Lipinski definition) is 2. The van der Waals surface area contributed by atoms with Crippen molar-refractivity contribution in [1.29, 1.82) is 0 Å². The Morgan fingerprint density at radius 1 is 1.33 bits per heavy atom. The molecule has 0 amide bonds. The normalized spacial score (nSPS) is 24.2. The average Bonchev–Trinajstić information content (AvgIpc) is 2.41. The van der Waals surface area contributed by atoms with E-state index in [2.05, 4.69) is 11.6 Å². The van der Waals surface area contributed by atoms with Crippen molar-refractivity contribution in [2.75, 3.05) is 6.26 Å². The molecule has 1 saturated carbocycles. The first-order valence-electron chi connectivity index (χ1n) is 6.39. The maximum atomic E-state index is 13.3. The zero-order valence-corrected chi connectivity index (χ0v) is 12.2. The monoisotopic (exact) mass is 287 g/mol. The molecule has 0 radical (unpaired) electrons. The van der Waals surface area contributed by atoms with Crippen LogP contribution in [0.1, 0.15) is 31.2 Å². The summed E-state index contributed by atoms with van der Waals surface area (Å²) in [5, 5.41) is 4.53. The molecule has 0 spiro atoms.